The van der Waals surface area contributed by atoms with Crippen molar-refractivity contribution in [3.05, 3.63) is 53.6 Å². The number of likely N-dealkylation sites (tertiary alicyclic amines) is 1. The van der Waals surface area contributed by atoms with Crippen LogP contribution in [0.2, 0.25) is 0 Å². The molecule has 1 aliphatic heterocycles. The molecule has 6 heteroatoms. The normalized spacial score (nSPS) is 18.5. The molecule has 0 saturated carbocycles. The van der Waals surface area contributed by atoms with E-state index in [1.54, 1.807) is 17.3 Å². The highest BCUT2D eigenvalue weighted by Gasteiger charge is 2.26. The number of nitrogens with zero attached hydrogens (tertiary/aromatic N) is 2. The van der Waals surface area contributed by atoms with Crippen LogP contribution in [0.15, 0.2) is 30.6 Å². The van der Waals surface area contributed by atoms with Gasteiger partial charge in [0.2, 0.25) is 5.91 Å². The van der Waals surface area contributed by atoms with Gasteiger partial charge in [-0.05, 0) is 30.5 Å². The van der Waals surface area contributed by atoms with Crippen LogP contribution in [0.25, 0.3) is 0 Å². The fraction of sp³-hybridized carbons (Fsp3) is 0.375. The first-order chi connectivity index (χ1) is 10.6. The molecule has 1 atom stereocenters. The van der Waals surface area contributed by atoms with Gasteiger partial charge in [-0.25, -0.2) is 13.8 Å². The first-order valence-electron chi connectivity index (χ1n) is 7.34. The van der Waals surface area contributed by atoms with Crippen molar-refractivity contribution in [1.82, 2.24) is 14.9 Å². The second kappa shape index (κ2) is 6.25. The largest absolute Gasteiger partial charge is 0.348 e. The van der Waals surface area contributed by atoms with Crippen LogP contribution in [0, 0.1) is 11.6 Å². The van der Waals surface area contributed by atoms with Crippen LogP contribution < -0.4 is 0 Å². The Morgan fingerprint density at radius 1 is 1.32 bits per heavy atom. The molecule has 2 aromatic rings. The van der Waals surface area contributed by atoms with E-state index in [-0.39, 0.29) is 18.2 Å². The van der Waals surface area contributed by atoms with Gasteiger partial charge in [0.1, 0.15) is 17.5 Å². The molecule has 22 heavy (non-hydrogen) atoms. The fourth-order valence-electron chi connectivity index (χ4n) is 2.93. The second-order valence-electron chi connectivity index (χ2n) is 5.61. The summed E-state index contributed by atoms with van der Waals surface area (Å²) in [6.07, 6.45) is 5.36. The Labute approximate surface area is 127 Å². The number of rotatable bonds is 3. The van der Waals surface area contributed by atoms with Gasteiger partial charge in [-0.15, -0.1) is 0 Å². The van der Waals surface area contributed by atoms with Crippen molar-refractivity contribution in [2.24, 2.45) is 0 Å². The number of halogens is 2. The number of hydrogen-bond acceptors (Lipinski definition) is 2. The van der Waals surface area contributed by atoms with Crippen LogP contribution in [0.3, 0.4) is 0 Å². The van der Waals surface area contributed by atoms with Crippen molar-refractivity contribution in [2.75, 3.05) is 13.1 Å². The molecule has 1 aromatic heterocycles. The van der Waals surface area contributed by atoms with Gasteiger partial charge in [0.25, 0.3) is 0 Å². The summed E-state index contributed by atoms with van der Waals surface area (Å²) in [7, 11) is 0. The molecule has 0 spiro atoms. The maximum atomic E-state index is 13.2. The summed E-state index contributed by atoms with van der Waals surface area (Å²) < 4.78 is 26.4. The van der Waals surface area contributed by atoms with Crippen molar-refractivity contribution in [2.45, 2.75) is 25.2 Å². The number of aromatic amines is 1. The van der Waals surface area contributed by atoms with E-state index in [0.29, 0.717) is 18.7 Å². The lowest BCUT2D eigenvalue weighted by Crippen LogP contribution is -2.40. The van der Waals surface area contributed by atoms with Crippen LogP contribution in [0.1, 0.15) is 30.1 Å². The minimum Gasteiger partial charge on any atom is -0.348 e. The quantitative estimate of drug-likeness (QED) is 0.947. The zero-order valence-corrected chi connectivity index (χ0v) is 12.1. The summed E-state index contributed by atoms with van der Waals surface area (Å²) in [6, 6.07) is 3.21. The summed E-state index contributed by atoms with van der Waals surface area (Å²) in [5, 5.41) is 0. The zero-order chi connectivity index (χ0) is 15.5. The Bertz CT molecular complexity index is 637. The topological polar surface area (TPSA) is 49.0 Å². The third kappa shape index (κ3) is 3.32. The minimum atomic E-state index is -0.657. The molecule has 4 nitrogen and oxygen atoms in total. The summed E-state index contributed by atoms with van der Waals surface area (Å²) in [4.78, 5) is 21.4. The molecular formula is C16H17F2N3O. The van der Waals surface area contributed by atoms with Gasteiger partial charge in [0.15, 0.2) is 0 Å². The van der Waals surface area contributed by atoms with Crippen molar-refractivity contribution in [3.8, 4) is 0 Å². The highest BCUT2D eigenvalue weighted by molar-refractivity contribution is 5.79. The van der Waals surface area contributed by atoms with Crippen molar-refractivity contribution < 1.29 is 13.6 Å². The van der Waals surface area contributed by atoms with Crippen molar-refractivity contribution in [1.29, 1.82) is 0 Å². The van der Waals surface area contributed by atoms with Gasteiger partial charge < -0.3 is 9.88 Å². The average Bonchev–Trinajstić information content (AvgIpc) is 3.00. The van der Waals surface area contributed by atoms with E-state index in [4.69, 9.17) is 0 Å². The van der Waals surface area contributed by atoms with E-state index in [0.717, 1.165) is 24.7 Å². The summed E-state index contributed by atoms with van der Waals surface area (Å²) >= 11 is 0. The molecule has 1 fully saturated rings. The third-order valence-corrected chi connectivity index (χ3v) is 3.96. The van der Waals surface area contributed by atoms with Crippen LogP contribution in [-0.2, 0) is 11.2 Å². The molecule has 0 unspecified atom stereocenters. The molecule has 1 amide bonds. The number of carbonyl (C=O) groups is 1. The lowest BCUT2D eigenvalue weighted by molar-refractivity contribution is -0.131. The van der Waals surface area contributed by atoms with Crippen LogP contribution in [0.5, 0.6) is 0 Å². The molecule has 2 heterocycles. The maximum Gasteiger partial charge on any atom is 0.227 e. The third-order valence-electron chi connectivity index (χ3n) is 3.96. The molecule has 1 saturated heterocycles. The number of amides is 1. The first kappa shape index (κ1) is 14.7. The highest BCUT2D eigenvalue weighted by atomic mass is 19.1. The number of nitrogens with one attached hydrogen (secondary N) is 1. The Balaban J connectivity index is 1.66. The number of aromatic nitrogens is 2. The maximum absolute atomic E-state index is 13.2. The molecule has 1 N–H and O–H groups in total. The summed E-state index contributed by atoms with van der Waals surface area (Å²) in [6.45, 7) is 1.26. The molecule has 1 aliphatic rings. The van der Waals surface area contributed by atoms with Crippen molar-refractivity contribution >= 4 is 5.91 Å². The van der Waals surface area contributed by atoms with E-state index in [9.17, 15) is 13.6 Å². The highest BCUT2D eigenvalue weighted by Crippen LogP contribution is 2.24. The summed E-state index contributed by atoms with van der Waals surface area (Å²) in [5.41, 5.74) is 0.364. The standard InChI is InChI=1S/C16H17F2N3O/c17-13-6-11(7-14(18)9-13)8-15(22)21-5-1-2-12(10-21)16-19-3-4-20-16/h3-4,6-7,9,12H,1-2,5,8,10H2,(H,19,20)/t12-/m0/s1. The number of hydrogen-bond donors (Lipinski definition) is 1. The van der Waals surface area contributed by atoms with E-state index in [1.807, 2.05) is 0 Å². The van der Waals surface area contributed by atoms with Gasteiger partial charge in [0.05, 0.1) is 6.42 Å². The molecular weight excluding hydrogens is 288 g/mol. The van der Waals surface area contributed by atoms with Gasteiger partial charge in [-0.3, -0.25) is 4.79 Å². The number of benzene rings is 1. The van der Waals surface area contributed by atoms with E-state index >= 15 is 0 Å². The number of imidazole rings is 1. The van der Waals surface area contributed by atoms with Crippen LogP contribution in [0.4, 0.5) is 8.78 Å². The molecule has 0 bridgehead atoms. The Morgan fingerprint density at radius 3 is 2.77 bits per heavy atom. The van der Waals surface area contributed by atoms with E-state index in [1.165, 1.54) is 12.1 Å². The second-order valence-corrected chi connectivity index (χ2v) is 5.61. The van der Waals surface area contributed by atoms with Gasteiger partial charge >= 0.3 is 0 Å². The Morgan fingerprint density at radius 2 is 2.09 bits per heavy atom. The van der Waals surface area contributed by atoms with Crippen LogP contribution in [-0.4, -0.2) is 33.9 Å². The first-order valence-corrected chi connectivity index (χ1v) is 7.34. The summed E-state index contributed by atoms with van der Waals surface area (Å²) in [5.74, 6) is -0.350. The number of carbonyl (C=O) groups excluding carboxylic acids is 1. The van der Waals surface area contributed by atoms with E-state index in [2.05, 4.69) is 9.97 Å². The average molecular weight is 305 g/mol. The number of H-pyrrole nitrogens is 1. The predicted octanol–water partition coefficient (Wildman–Crippen LogP) is 2.64. The lowest BCUT2D eigenvalue weighted by atomic mass is 9.96. The van der Waals surface area contributed by atoms with E-state index < -0.39 is 11.6 Å². The van der Waals surface area contributed by atoms with Crippen molar-refractivity contribution in [3.63, 3.8) is 0 Å². The Hall–Kier alpha value is -2.24. The zero-order valence-electron chi connectivity index (χ0n) is 12.1. The van der Waals surface area contributed by atoms with Gasteiger partial charge in [-0.1, -0.05) is 0 Å². The Kier molecular flexibility index (Phi) is 4.18. The minimum absolute atomic E-state index is 0.0134. The monoisotopic (exact) mass is 305 g/mol. The lowest BCUT2D eigenvalue weighted by Gasteiger charge is -2.32. The predicted molar refractivity (Wildman–Crippen MR) is 77.2 cm³/mol. The molecule has 116 valence electrons. The number of piperidine rings is 1. The molecule has 3 rings (SSSR count). The van der Waals surface area contributed by atoms with Gasteiger partial charge in [-0.2, -0.15) is 0 Å². The molecule has 1 aromatic carbocycles. The SMILES string of the molecule is O=C(Cc1cc(F)cc(F)c1)N1CCC[C@H](c2ncc[nH]2)C1. The molecule has 0 radical (unpaired) electrons. The smallest absolute Gasteiger partial charge is 0.227 e. The molecule has 0 aliphatic carbocycles. The van der Waals surface area contributed by atoms with Gasteiger partial charge in [0, 0.05) is 37.5 Å². The van der Waals surface area contributed by atoms with Crippen LogP contribution >= 0.6 is 0 Å². The fourth-order valence-corrected chi connectivity index (χ4v) is 2.93.